The van der Waals surface area contributed by atoms with E-state index in [1.807, 2.05) is 4.68 Å². The molecule has 0 unspecified atom stereocenters. The molecule has 0 aromatic carbocycles. The Balaban J connectivity index is 1.64. The first-order chi connectivity index (χ1) is 8.88. The number of aliphatic hydroxyl groups excluding tert-OH is 1. The fourth-order valence-electron chi connectivity index (χ4n) is 2.52. The zero-order valence-electron chi connectivity index (χ0n) is 10.7. The first-order valence-corrected chi connectivity index (χ1v) is 7.00. The Morgan fingerprint density at radius 2 is 2.11 bits per heavy atom. The highest BCUT2D eigenvalue weighted by Gasteiger charge is 2.30. The largest absolute Gasteiger partial charge is 0.396 e. The lowest BCUT2D eigenvalue weighted by molar-refractivity contribution is 0.105. The summed E-state index contributed by atoms with van der Waals surface area (Å²) < 4.78 is 1.99. The van der Waals surface area contributed by atoms with Crippen molar-refractivity contribution >= 4 is 0 Å². The third-order valence-corrected chi connectivity index (χ3v) is 3.99. The van der Waals surface area contributed by atoms with Gasteiger partial charge in [-0.1, -0.05) is 6.42 Å². The number of aromatic nitrogens is 4. The highest BCUT2D eigenvalue weighted by molar-refractivity contribution is 4.92. The third-order valence-electron chi connectivity index (χ3n) is 3.99. The molecule has 1 aromatic rings. The molecule has 6 nitrogen and oxygen atoms in total. The average Bonchev–Trinajstić information content (AvgIpc) is 3.05. The van der Waals surface area contributed by atoms with Gasteiger partial charge in [0.25, 0.3) is 0 Å². The van der Waals surface area contributed by atoms with Crippen LogP contribution in [0.15, 0.2) is 0 Å². The van der Waals surface area contributed by atoms with Crippen molar-refractivity contribution in [1.29, 1.82) is 0 Å². The van der Waals surface area contributed by atoms with Gasteiger partial charge in [0.15, 0.2) is 5.82 Å². The van der Waals surface area contributed by atoms with E-state index in [4.69, 9.17) is 5.11 Å². The topological polar surface area (TPSA) is 67.1 Å². The highest BCUT2D eigenvalue weighted by Crippen LogP contribution is 2.35. The SMILES string of the molecule is OCCCN(Cc1nnnn1C1CC1)C1CCC1. The maximum absolute atomic E-state index is 8.99. The normalized spacial score (nSPS) is 20.3. The lowest BCUT2D eigenvalue weighted by Crippen LogP contribution is -2.41. The van der Waals surface area contributed by atoms with Crippen LogP contribution in [0.5, 0.6) is 0 Å². The number of hydrogen-bond donors (Lipinski definition) is 1. The minimum Gasteiger partial charge on any atom is -0.396 e. The third kappa shape index (κ3) is 2.54. The molecule has 1 heterocycles. The van der Waals surface area contributed by atoms with E-state index in [0.29, 0.717) is 12.1 Å². The van der Waals surface area contributed by atoms with E-state index in [-0.39, 0.29) is 6.61 Å². The van der Waals surface area contributed by atoms with Gasteiger partial charge in [-0.2, -0.15) is 0 Å². The maximum atomic E-state index is 8.99. The maximum Gasteiger partial charge on any atom is 0.165 e. The van der Waals surface area contributed by atoms with E-state index < -0.39 is 0 Å². The summed E-state index contributed by atoms with van der Waals surface area (Å²) in [6, 6.07) is 1.21. The second-order valence-corrected chi connectivity index (χ2v) is 5.40. The molecule has 18 heavy (non-hydrogen) atoms. The highest BCUT2D eigenvalue weighted by atomic mass is 16.3. The van der Waals surface area contributed by atoms with Gasteiger partial charge in [-0.25, -0.2) is 4.68 Å². The molecule has 100 valence electrons. The van der Waals surface area contributed by atoms with Crippen molar-refractivity contribution in [1.82, 2.24) is 25.1 Å². The van der Waals surface area contributed by atoms with Gasteiger partial charge >= 0.3 is 0 Å². The smallest absolute Gasteiger partial charge is 0.165 e. The van der Waals surface area contributed by atoms with Crippen LogP contribution in [-0.4, -0.2) is 49.4 Å². The van der Waals surface area contributed by atoms with Gasteiger partial charge in [0.1, 0.15) is 0 Å². The van der Waals surface area contributed by atoms with Gasteiger partial charge < -0.3 is 5.11 Å². The van der Waals surface area contributed by atoms with Crippen LogP contribution in [-0.2, 0) is 6.54 Å². The number of tetrazole rings is 1. The Kier molecular flexibility index (Phi) is 3.56. The van der Waals surface area contributed by atoms with Gasteiger partial charge in [0.05, 0.1) is 12.6 Å². The van der Waals surface area contributed by atoms with E-state index >= 15 is 0 Å². The minimum atomic E-state index is 0.261. The Labute approximate surface area is 107 Å². The van der Waals surface area contributed by atoms with Crippen molar-refractivity contribution < 1.29 is 5.11 Å². The molecule has 1 aromatic heterocycles. The molecule has 2 aliphatic carbocycles. The molecule has 0 bridgehead atoms. The molecule has 0 radical (unpaired) electrons. The van der Waals surface area contributed by atoms with Crippen molar-refractivity contribution in [2.75, 3.05) is 13.2 Å². The molecule has 3 rings (SSSR count). The zero-order valence-corrected chi connectivity index (χ0v) is 10.7. The number of rotatable bonds is 7. The summed E-state index contributed by atoms with van der Waals surface area (Å²) in [6.45, 7) is 2.03. The summed E-state index contributed by atoms with van der Waals surface area (Å²) in [6.07, 6.45) is 7.12. The van der Waals surface area contributed by atoms with E-state index in [2.05, 4.69) is 20.4 Å². The molecule has 0 amide bonds. The van der Waals surface area contributed by atoms with Crippen LogP contribution >= 0.6 is 0 Å². The predicted molar refractivity (Wildman–Crippen MR) is 65.8 cm³/mol. The monoisotopic (exact) mass is 251 g/mol. The Morgan fingerprint density at radius 3 is 2.72 bits per heavy atom. The Morgan fingerprint density at radius 1 is 1.28 bits per heavy atom. The first kappa shape index (κ1) is 12.0. The van der Waals surface area contributed by atoms with Crippen molar-refractivity contribution in [3.8, 4) is 0 Å². The van der Waals surface area contributed by atoms with Crippen LogP contribution in [0, 0.1) is 0 Å². The molecule has 6 heteroatoms. The van der Waals surface area contributed by atoms with Crippen LogP contribution in [0.1, 0.15) is 50.4 Å². The summed E-state index contributed by atoms with van der Waals surface area (Å²) in [4.78, 5) is 2.43. The van der Waals surface area contributed by atoms with Gasteiger partial charge in [-0.05, 0) is 42.5 Å². The van der Waals surface area contributed by atoms with Crippen LogP contribution < -0.4 is 0 Å². The van der Waals surface area contributed by atoms with Crippen molar-refractivity contribution in [2.24, 2.45) is 0 Å². The molecule has 0 saturated heterocycles. The number of hydrogen-bond acceptors (Lipinski definition) is 5. The quantitative estimate of drug-likeness (QED) is 0.774. The van der Waals surface area contributed by atoms with Crippen LogP contribution in [0.3, 0.4) is 0 Å². The summed E-state index contributed by atoms with van der Waals surface area (Å²) in [7, 11) is 0. The second kappa shape index (κ2) is 5.32. The predicted octanol–water partition coefficient (Wildman–Crippen LogP) is 0.745. The van der Waals surface area contributed by atoms with Gasteiger partial charge in [0.2, 0.25) is 0 Å². The van der Waals surface area contributed by atoms with Crippen molar-refractivity contribution in [3.05, 3.63) is 5.82 Å². The summed E-state index contributed by atoms with van der Waals surface area (Å²) >= 11 is 0. The van der Waals surface area contributed by atoms with E-state index in [1.165, 1.54) is 32.1 Å². The molecular weight excluding hydrogens is 230 g/mol. The molecule has 0 atom stereocenters. The van der Waals surface area contributed by atoms with Gasteiger partial charge in [-0.15, -0.1) is 5.10 Å². The lowest BCUT2D eigenvalue weighted by Gasteiger charge is -2.37. The zero-order chi connectivity index (χ0) is 12.4. The van der Waals surface area contributed by atoms with E-state index in [1.54, 1.807) is 0 Å². The Hall–Kier alpha value is -1.01. The minimum absolute atomic E-state index is 0.261. The van der Waals surface area contributed by atoms with E-state index in [0.717, 1.165) is 25.3 Å². The van der Waals surface area contributed by atoms with E-state index in [9.17, 15) is 0 Å². The molecule has 1 N–H and O–H groups in total. The van der Waals surface area contributed by atoms with Gasteiger partial charge in [-0.3, -0.25) is 4.90 Å². The number of nitrogens with zero attached hydrogens (tertiary/aromatic N) is 5. The fraction of sp³-hybridized carbons (Fsp3) is 0.917. The van der Waals surface area contributed by atoms with Crippen LogP contribution in [0.4, 0.5) is 0 Å². The molecule has 2 fully saturated rings. The Bertz CT molecular complexity index is 386. The molecule has 0 aliphatic heterocycles. The van der Waals surface area contributed by atoms with Crippen LogP contribution in [0.25, 0.3) is 0 Å². The molecule has 2 aliphatic rings. The molecular formula is C12H21N5O. The summed E-state index contributed by atoms with van der Waals surface area (Å²) in [5.41, 5.74) is 0. The molecule has 2 saturated carbocycles. The number of aliphatic hydroxyl groups is 1. The first-order valence-electron chi connectivity index (χ1n) is 7.00. The van der Waals surface area contributed by atoms with Gasteiger partial charge in [0, 0.05) is 19.2 Å². The fourth-order valence-corrected chi connectivity index (χ4v) is 2.52. The summed E-state index contributed by atoms with van der Waals surface area (Å²) in [5, 5.41) is 21.1. The second-order valence-electron chi connectivity index (χ2n) is 5.40. The lowest BCUT2D eigenvalue weighted by atomic mass is 9.91. The van der Waals surface area contributed by atoms with Crippen molar-refractivity contribution in [2.45, 2.75) is 57.2 Å². The average molecular weight is 251 g/mol. The summed E-state index contributed by atoms with van der Waals surface area (Å²) in [5.74, 6) is 0.988. The molecule has 0 spiro atoms. The van der Waals surface area contributed by atoms with Crippen LogP contribution in [0.2, 0.25) is 0 Å². The van der Waals surface area contributed by atoms with Crippen molar-refractivity contribution in [3.63, 3.8) is 0 Å². The standard InChI is InChI=1S/C12H21N5O/c18-8-2-7-16(10-3-1-4-10)9-12-13-14-15-17(12)11-5-6-11/h10-11,18H,1-9H2.